The highest BCUT2D eigenvalue weighted by atomic mass is 32.1. The summed E-state index contributed by atoms with van der Waals surface area (Å²) in [6.45, 7) is 0. The first kappa shape index (κ1) is 19.6. The van der Waals surface area contributed by atoms with Gasteiger partial charge in [-0.1, -0.05) is 0 Å². The SMILES string of the molecule is COc1cc(C(=O)Nc2nc(-c3cc([N+](=O)[O-])cs3)cs2)cc(OC)c1OC. The van der Waals surface area contributed by atoms with Crippen molar-refractivity contribution in [1.29, 1.82) is 0 Å². The zero-order chi connectivity index (χ0) is 20.3. The van der Waals surface area contributed by atoms with Crippen LogP contribution in [-0.4, -0.2) is 37.1 Å². The fourth-order valence-corrected chi connectivity index (χ4v) is 3.98. The molecule has 0 aliphatic rings. The molecule has 28 heavy (non-hydrogen) atoms. The van der Waals surface area contributed by atoms with Gasteiger partial charge in [0.2, 0.25) is 5.75 Å². The Morgan fingerprint density at radius 2 is 1.75 bits per heavy atom. The van der Waals surface area contributed by atoms with E-state index in [1.54, 1.807) is 5.38 Å². The minimum atomic E-state index is -0.459. The number of carbonyl (C=O) groups excluding carboxylic acids is 1. The molecule has 2 heterocycles. The number of aromatic nitrogens is 1. The Kier molecular flexibility index (Phi) is 5.76. The molecule has 146 valence electrons. The molecule has 1 amide bonds. The molecule has 0 saturated carbocycles. The van der Waals surface area contributed by atoms with Gasteiger partial charge in [-0.25, -0.2) is 4.98 Å². The van der Waals surface area contributed by atoms with E-state index in [0.717, 1.165) is 0 Å². The molecule has 0 fully saturated rings. The number of nitro groups is 1. The molecule has 0 aliphatic carbocycles. The number of hydrogen-bond acceptors (Lipinski definition) is 9. The normalized spacial score (nSPS) is 10.4. The van der Waals surface area contributed by atoms with Gasteiger partial charge < -0.3 is 14.2 Å². The van der Waals surface area contributed by atoms with Crippen LogP contribution in [0.4, 0.5) is 10.8 Å². The molecule has 0 atom stereocenters. The van der Waals surface area contributed by atoms with E-state index in [1.165, 1.54) is 67.6 Å². The quantitative estimate of drug-likeness (QED) is 0.452. The number of thiophene rings is 1. The highest BCUT2D eigenvalue weighted by Gasteiger charge is 2.19. The first-order chi connectivity index (χ1) is 13.5. The average Bonchev–Trinajstić information content (AvgIpc) is 3.36. The topological polar surface area (TPSA) is 113 Å². The summed E-state index contributed by atoms with van der Waals surface area (Å²) in [5.74, 6) is 0.699. The zero-order valence-corrected chi connectivity index (χ0v) is 16.7. The van der Waals surface area contributed by atoms with Crippen molar-refractivity contribution in [3.05, 3.63) is 44.6 Å². The van der Waals surface area contributed by atoms with Crippen molar-refractivity contribution in [2.45, 2.75) is 0 Å². The smallest absolute Gasteiger partial charge is 0.280 e. The van der Waals surface area contributed by atoms with Crippen molar-refractivity contribution >= 4 is 39.4 Å². The van der Waals surface area contributed by atoms with Gasteiger partial charge in [0.1, 0.15) is 0 Å². The van der Waals surface area contributed by atoms with E-state index in [2.05, 4.69) is 10.3 Å². The Balaban J connectivity index is 1.82. The van der Waals surface area contributed by atoms with Gasteiger partial charge in [-0.15, -0.1) is 22.7 Å². The van der Waals surface area contributed by atoms with Crippen molar-refractivity contribution in [3.63, 3.8) is 0 Å². The average molecular weight is 421 g/mol. The Hall–Kier alpha value is -3.18. The van der Waals surface area contributed by atoms with Crippen LogP contribution >= 0.6 is 22.7 Å². The number of hydrogen-bond donors (Lipinski definition) is 1. The second kappa shape index (κ2) is 8.23. The molecular formula is C17H15N3O6S2. The van der Waals surface area contributed by atoms with E-state index in [0.29, 0.717) is 38.5 Å². The molecular weight excluding hydrogens is 406 g/mol. The van der Waals surface area contributed by atoms with Gasteiger partial charge in [0.25, 0.3) is 11.6 Å². The Bertz CT molecular complexity index is 1000. The lowest BCUT2D eigenvalue weighted by Gasteiger charge is -2.13. The van der Waals surface area contributed by atoms with Crippen LogP contribution in [0.1, 0.15) is 10.4 Å². The van der Waals surface area contributed by atoms with Crippen LogP contribution in [0, 0.1) is 10.1 Å². The maximum absolute atomic E-state index is 12.6. The molecule has 2 aromatic heterocycles. The Labute approximate surface area is 167 Å². The number of nitrogens with zero attached hydrogens (tertiary/aromatic N) is 2. The standard InChI is InChI=1S/C17H15N3O6S2/c1-24-12-4-9(5-13(25-2)15(12)26-3)16(21)19-17-18-11(8-28-17)14-6-10(7-27-14)20(22)23/h4-8H,1-3H3,(H,18,19,21). The van der Waals surface area contributed by atoms with Crippen molar-refractivity contribution in [1.82, 2.24) is 4.98 Å². The minimum Gasteiger partial charge on any atom is -0.493 e. The summed E-state index contributed by atoms with van der Waals surface area (Å²) >= 11 is 2.44. The number of thiazole rings is 1. The molecule has 3 rings (SSSR count). The second-order valence-corrected chi connectivity index (χ2v) is 7.10. The lowest BCUT2D eigenvalue weighted by Crippen LogP contribution is -2.12. The van der Waals surface area contributed by atoms with E-state index in [1.807, 2.05) is 0 Å². The van der Waals surface area contributed by atoms with Gasteiger partial charge in [-0.05, 0) is 12.1 Å². The van der Waals surface area contributed by atoms with Crippen LogP contribution in [0.15, 0.2) is 29.0 Å². The molecule has 11 heteroatoms. The van der Waals surface area contributed by atoms with Crippen LogP contribution in [0.2, 0.25) is 0 Å². The van der Waals surface area contributed by atoms with Crippen molar-refractivity contribution in [2.24, 2.45) is 0 Å². The molecule has 1 aromatic carbocycles. The van der Waals surface area contributed by atoms with Crippen molar-refractivity contribution in [3.8, 4) is 27.8 Å². The predicted octanol–water partition coefficient (Wildman–Crippen LogP) is 4.06. The largest absolute Gasteiger partial charge is 0.493 e. The summed E-state index contributed by atoms with van der Waals surface area (Å²) in [6, 6.07) is 4.52. The second-order valence-electron chi connectivity index (χ2n) is 5.33. The first-order valence-electron chi connectivity index (χ1n) is 7.77. The third-order valence-corrected chi connectivity index (χ3v) is 5.40. The summed E-state index contributed by atoms with van der Waals surface area (Å²) in [6.07, 6.45) is 0. The van der Waals surface area contributed by atoms with Crippen LogP contribution < -0.4 is 19.5 Å². The third kappa shape index (κ3) is 3.89. The fraction of sp³-hybridized carbons (Fsp3) is 0.176. The molecule has 9 nitrogen and oxygen atoms in total. The van der Waals surface area contributed by atoms with Crippen LogP contribution in [-0.2, 0) is 0 Å². The molecule has 0 radical (unpaired) electrons. The minimum absolute atomic E-state index is 0.0102. The summed E-state index contributed by atoms with van der Waals surface area (Å²) in [7, 11) is 4.41. The molecule has 0 saturated heterocycles. The highest BCUT2D eigenvalue weighted by molar-refractivity contribution is 7.16. The van der Waals surface area contributed by atoms with Gasteiger partial charge in [0.05, 0.1) is 42.2 Å². The Morgan fingerprint density at radius 3 is 2.29 bits per heavy atom. The summed E-state index contributed by atoms with van der Waals surface area (Å²) in [5.41, 5.74) is 0.873. The molecule has 0 unspecified atom stereocenters. The number of carbonyl (C=O) groups is 1. The van der Waals surface area contributed by atoms with Crippen LogP contribution in [0.5, 0.6) is 17.2 Å². The molecule has 0 aliphatic heterocycles. The zero-order valence-electron chi connectivity index (χ0n) is 15.0. The number of anilines is 1. The predicted molar refractivity (Wildman–Crippen MR) is 106 cm³/mol. The summed E-state index contributed by atoms with van der Waals surface area (Å²) < 4.78 is 15.7. The maximum atomic E-state index is 12.6. The lowest BCUT2D eigenvalue weighted by molar-refractivity contribution is -0.384. The number of rotatable bonds is 7. The van der Waals surface area contributed by atoms with E-state index in [-0.39, 0.29) is 5.69 Å². The van der Waals surface area contributed by atoms with Crippen LogP contribution in [0.25, 0.3) is 10.6 Å². The van der Waals surface area contributed by atoms with Gasteiger partial charge in [-0.3, -0.25) is 20.2 Å². The van der Waals surface area contributed by atoms with E-state index >= 15 is 0 Å². The number of methoxy groups -OCH3 is 3. The fourth-order valence-electron chi connectivity index (χ4n) is 2.38. The number of ether oxygens (including phenoxy) is 3. The van der Waals surface area contributed by atoms with E-state index in [9.17, 15) is 14.9 Å². The van der Waals surface area contributed by atoms with Crippen molar-refractivity contribution in [2.75, 3.05) is 26.6 Å². The first-order valence-corrected chi connectivity index (χ1v) is 9.53. The molecule has 3 aromatic rings. The highest BCUT2D eigenvalue weighted by Crippen LogP contribution is 2.38. The van der Waals surface area contributed by atoms with E-state index < -0.39 is 10.8 Å². The van der Waals surface area contributed by atoms with Gasteiger partial charge >= 0.3 is 0 Å². The molecule has 0 spiro atoms. The number of benzene rings is 1. The van der Waals surface area contributed by atoms with Gasteiger partial charge in [-0.2, -0.15) is 0 Å². The number of amides is 1. The Morgan fingerprint density at radius 1 is 1.07 bits per heavy atom. The van der Waals surface area contributed by atoms with Crippen LogP contribution in [0.3, 0.4) is 0 Å². The van der Waals surface area contributed by atoms with Crippen molar-refractivity contribution < 1.29 is 23.9 Å². The summed E-state index contributed by atoms with van der Waals surface area (Å²) in [5, 5.41) is 17.1. The lowest BCUT2D eigenvalue weighted by atomic mass is 10.1. The summed E-state index contributed by atoms with van der Waals surface area (Å²) in [4.78, 5) is 27.9. The number of nitrogens with one attached hydrogen (secondary N) is 1. The van der Waals surface area contributed by atoms with Gasteiger partial charge in [0.15, 0.2) is 16.6 Å². The van der Waals surface area contributed by atoms with Gasteiger partial charge in [0, 0.05) is 17.0 Å². The maximum Gasteiger partial charge on any atom is 0.280 e. The monoisotopic (exact) mass is 421 g/mol. The molecule has 0 bridgehead atoms. The molecule has 1 N–H and O–H groups in total. The van der Waals surface area contributed by atoms with E-state index in [4.69, 9.17) is 14.2 Å². The third-order valence-electron chi connectivity index (χ3n) is 3.70.